The number of carbonyl (C=O) groups is 2. The number of rotatable bonds is 4. The lowest BCUT2D eigenvalue weighted by molar-refractivity contribution is 0.0519. The lowest BCUT2D eigenvalue weighted by Crippen LogP contribution is -2.04. The zero-order valence-electron chi connectivity index (χ0n) is 17.0. The predicted octanol–water partition coefficient (Wildman–Crippen LogP) is 4.67. The molecule has 9 nitrogen and oxygen atoms in total. The summed E-state index contributed by atoms with van der Waals surface area (Å²) in [5.74, 6) is -0.800. The van der Waals surface area contributed by atoms with E-state index >= 15 is 0 Å². The number of nitrogens with two attached hydrogens (primary N) is 1. The monoisotopic (exact) mass is 541 g/mol. The fourth-order valence-electron chi connectivity index (χ4n) is 2.73. The number of nitrogens with zero attached hydrogens (tertiary/aromatic N) is 4. The molecular weight excluding hydrogens is 525 g/mol. The number of pyridine rings is 2. The summed E-state index contributed by atoms with van der Waals surface area (Å²) >= 11 is 15.0. The second kappa shape index (κ2) is 10.2. The van der Waals surface area contributed by atoms with E-state index in [9.17, 15) is 9.59 Å². The molecule has 4 rings (SSSR count). The van der Waals surface area contributed by atoms with E-state index in [1.807, 2.05) is 0 Å². The van der Waals surface area contributed by atoms with Gasteiger partial charge in [-0.1, -0.05) is 23.2 Å². The van der Waals surface area contributed by atoms with E-state index in [0.29, 0.717) is 55.6 Å². The van der Waals surface area contributed by atoms with Crippen LogP contribution in [0.25, 0.3) is 11.0 Å². The number of esters is 2. The molecule has 32 heavy (non-hydrogen) atoms. The van der Waals surface area contributed by atoms with Gasteiger partial charge in [-0.25, -0.2) is 18.6 Å². The van der Waals surface area contributed by atoms with Gasteiger partial charge in [0.05, 0.1) is 52.4 Å². The molecule has 0 aliphatic heterocycles. The fraction of sp³-hybridized carbons (Fsp3) is 0.200. The SMILES string of the molecule is CCOC(=O)c1cnn2cc(Cl)c(Br)cc12.CCOC(=O)c1cnn2cc(Cl)c(N)cc12. The Hall–Kier alpha value is -2.82. The van der Waals surface area contributed by atoms with Crippen molar-refractivity contribution in [3.05, 3.63) is 62.6 Å². The number of ether oxygens (including phenoxy) is 2. The predicted molar refractivity (Wildman–Crippen MR) is 124 cm³/mol. The second-order valence-electron chi connectivity index (χ2n) is 6.26. The van der Waals surface area contributed by atoms with Gasteiger partial charge in [-0.05, 0) is 41.9 Å². The van der Waals surface area contributed by atoms with E-state index in [1.54, 1.807) is 42.9 Å². The van der Waals surface area contributed by atoms with Crippen molar-refractivity contribution < 1.29 is 19.1 Å². The van der Waals surface area contributed by atoms with E-state index in [0.717, 1.165) is 0 Å². The topological polar surface area (TPSA) is 113 Å². The van der Waals surface area contributed by atoms with Crippen molar-refractivity contribution in [2.75, 3.05) is 18.9 Å². The van der Waals surface area contributed by atoms with E-state index in [1.165, 1.54) is 16.9 Å². The molecule has 12 heteroatoms. The van der Waals surface area contributed by atoms with Gasteiger partial charge >= 0.3 is 11.9 Å². The molecule has 168 valence electrons. The lowest BCUT2D eigenvalue weighted by atomic mass is 10.2. The Morgan fingerprint density at radius 3 is 1.91 bits per heavy atom. The maximum absolute atomic E-state index is 11.6. The molecule has 0 bridgehead atoms. The summed E-state index contributed by atoms with van der Waals surface area (Å²) in [4.78, 5) is 23.2. The normalized spacial score (nSPS) is 10.7. The summed E-state index contributed by atoms with van der Waals surface area (Å²) in [7, 11) is 0. The average Bonchev–Trinajstić information content (AvgIpc) is 3.33. The van der Waals surface area contributed by atoms with Crippen molar-refractivity contribution in [3.8, 4) is 0 Å². The number of anilines is 1. The summed E-state index contributed by atoms with van der Waals surface area (Å²) in [6.07, 6.45) is 6.08. The van der Waals surface area contributed by atoms with E-state index in [2.05, 4.69) is 26.1 Å². The first-order valence-electron chi connectivity index (χ1n) is 9.35. The number of carbonyl (C=O) groups excluding carboxylic acids is 2. The molecule has 0 saturated carbocycles. The van der Waals surface area contributed by atoms with E-state index < -0.39 is 5.97 Å². The third-order valence-electron chi connectivity index (χ3n) is 4.19. The van der Waals surface area contributed by atoms with Crippen LogP contribution in [0.2, 0.25) is 10.0 Å². The van der Waals surface area contributed by atoms with Gasteiger partial charge in [0.2, 0.25) is 0 Å². The highest BCUT2D eigenvalue weighted by Crippen LogP contribution is 2.25. The van der Waals surface area contributed by atoms with E-state index in [-0.39, 0.29) is 5.97 Å². The van der Waals surface area contributed by atoms with Gasteiger partial charge in [-0.3, -0.25) is 0 Å². The summed E-state index contributed by atoms with van der Waals surface area (Å²) in [6.45, 7) is 4.16. The molecular formula is C20H18BrCl2N5O4. The standard InChI is InChI=1S/C10H8BrClN2O2.C10H10ClN3O2/c1-2-16-10(15)6-4-13-14-5-8(12)7(11)3-9(6)14;1-2-16-10(15)6-4-13-14-5-7(11)8(12)3-9(6)14/h3-5H,2H2,1H3;3-5H,2,12H2,1H3. The van der Waals surface area contributed by atoms with Gasteiger partial charge in [-0.15, -0.1) is 0 Å². The average molecular weight is 543 g/mol. The molecule has 0 aliphatic rings. The molecule has 0 atom stereocenters. The number of nitrogen functional groups attached to an aromatic ring is 1. The maximum Gasteiger partial charge on any atom is 0.341 e. The van der Waals surface area contributed by atoms with Gasteiger partial charge in [-0.2, -0.15) is 10.2 Å². The van der Waals surface area contributed by atoms with Crippen LogP contribution in [0.5, 0.6) is 0 Å². The summed E-state index contributed by atoms with van der Waals surface area (Å²) in [5, 5.41) is 8.96. The third kappa shape index (κ3) is 4.98. The van der Waals surface area contributed by atoms with Crippen LogP contribution in [0.1, 0.15) is 34.6 Å². The molecule has 4 aromatic rings. The van der Waals surface area contributed by atoms with Crippen LogP contribution < -0.4 is 5.73 Å². The van der Waals surface area contributed by atoms with Crippen molar-refractivity contribution in [1.82, 2.24) is 19.2 Å². The van der Waals surface area contributed by atoms with Crippen LogP contribution in [0.4, 0.5) is 5.69 Å². The molecule has 2 N–H and O–H groups in total. The van der Waals surface area contributed by atoms with Gasteiger partial charge in [0.1, 0.15) is 11.1 Å². The number of fused-ring (bicyclic) bond motifs is 2. The Morgan fingerprint density at radius 1 is 0.938 bits per heavy atom. The van der Waals surface area contributed by atoms with Crippen LogP contribution in [0.15, 0.2) is 41.4 Å². The first-order chi connectivity index (χ1) is 15.3. The molecule has 0 saturated heterocycles. The van der Waals surface area contributed by atoms with Gasteiger partial charge in [0.25, 0.3) is 0 Å². The smallest absolute Gasteiger partial charge is 0.341 e. The second-order valence-corrected chi connectivity index (χ2v) is 7.93. The molecule has 4 heterocycles. The summed E-state index contributed by atoms with van der Waals surface area (Å²) in [6, 6.07) is 3.34. The Kier molecular flexibility index (Phi) is 7.60. The van der Waals surface area contributed by atoms with Crippen LogP contribution in [-0.2, 0) is 9.47 Å². The Bertz CT molecular complexity index is 1200. The first-order valence-corrected chi connectivity index (χ1v) is 10.9. The van der Waals surface area contributed by atoms with Gasteiger partial charge in [0.15, 0.2) is 0 Å². The van der Waals surface area contributed by atoms with Crippen molar-refractivity contribution in [1.29, 1.82) is 0 Å². The first kappa shape index (κ1) is 23.8. The third-order valence-corrected chi connectivity index (χ3v) is 5.69. The minimum Gasteiger partial charge on any atom is -0.462 e. The van der Waals surface area contributed by atoms with Crippen LogP contribution in [0.3, 0.4) is 0 Å². The van der Waals surface area contributed by atoms with Crippen molar-refractivity contribution >= 4 is 67.8 Å². The van der Waals surface area contributed by atoms with Crippen molar-refractivity contribution in [3.63, 3.8) is 0 Å². The summed E-state index contributed by atoms with van der Waals surface area (Å²) in [5.41, 5.74) is 8.12. The van der Waals surface area contributed by atoms with Crippen LogP contribution in [0, 0.1) is 0 Å². The molecule has 0 aromatic carbocycles. The Labute approximate surface area is 201 Å². The van der Waals surface area contributed by atoms with Gasteiger partial charge in [0, 0.05) is 16.9 Å². The molecule has 0 fully saturated rings. The molecule has 4 aromatic heterocycles. The Morgan fingerprint density at radius 2 is 1.41 bits per heavy atom. The van der Waals surface area contributed by atoms with Crippen LogP contribution >= 0.6 is 39.1 Å². The molecule has 0 spiro atoms. The Balaban J connectivity index is 0.000000181. The van der Waals surface area contributed by atoms with E-state index in [4.69, 9.17) is 38.4 Å². The quantitative estimate of drug-likeness (QED) is 0.372. The molecule has 0 radical (unpaired) electrons. The number of hydrogen-bond acceptors (Lipinski definition) is 7. The van der Waals surface area contributed by atoms with Crippen molar-refractivity contribution in [2.45, 2.75) is 13.8 Å². The van der Waals surface area contributed by atoms with Gasteiger partial charge < -0.3 is 15.2 Å². The number of halogens is 3. The minimum atomic E-state index is -0.417. The zero-order valence-corrected chi connectivity index (χ0v) is 20.1. The molecule has 0 unspecified atom stereocenters. The molecule has 0 amide bonds. The fourth-order valence-corrected chi connectivity index (χ4v) is 3.34. The highest BCUT2D eigenvalue weighted by molar-refractivity contribution is 9.10. The lowest BCUT2D eigenvalue weighted by Gasteiger charge is -2.02. The van der Waals surface area contributed by atoms with Crippen molar-refractivity contribution in [2.24, 2.45) is 0 Å². The number of hydrogen-bond donors (Lipinski definition) is 1. The summed E-state index contributed by atoms with van der Waals surface area (Å²) < 4.78 is 13.6. The highest BCUT2D eigenvalue weighted by atomic mass is 79.9. The molecule has 0 aliphatic carbocycles. The van der Waals surface area contributed by atoms with Crippen LogP contribution in [-0.4, -0.2) is 44.4 Å². The maximum atomic E-state index is 11.6. The number of aromatic nitrogens is 4. The zero-order chi connectivity index (χ0) is 23.4. The highest BCUT2D eigenvalue weighted by Gasteiger charge is 2.15. The minimum absolute atomic E-state index is 0.319. The largest absolute Gasteiger partial charge is 0.462 e.